The van der Waals surface area contributed by atoms with E-state index in [0.717, 1.165) is 41.0 Å². The van der Waals surface area contributed by atoms with Gasteiger partial charge in [-0.1, -0.05) is 26.0 Å². The third-order valence-corrected chi connectivity index (χ3v) is 4.52. The van der Waals surface area contributed by atoms with Crippen LogP contribution in [0.25, 0.3) is 33.7 Å². The molecule has 136 valence electrons. The number of nitro groups is 1. The van der Waals surface area contributed by atoms with Gasteiger partial charge in [0.05, 0.1) is 16.0 Å². The maximum Gasteiger partial charge on any atom is 0.269 e. The summed E-state index contributed by atoms with van der Waals surface area (Å²) in [5, 5.41) is 10.9. The largest absolute Gasteiger partial charge is 0.307 e. The Labute approximate surface area is 155 Å². The first-order valence-corrected chi connectivity index (χ1v) is 8.91. The Hall–Kier alpha value is -3.35. The van der Waals surface area contributed by atoms with E-state index in [1.165, 1.54) is 12.1 Å². The molecule has 2 heterocycles. The molecule has 0 amide bonds. The van der Waals surface area contributed by atoms with E-state index in [0.29, 0.717) is 11.6 Å². The summed E-state index contributed by atoms with van der Waals surface area (Å²) in [4.78, 5) is 24.7. The van der Waals surface area contributed by atoms with Crippen molar-refractivity contribution in [2.24, 2.45) is 5.92 Å². The third-order valence-electron chi connectivity index (χ3n) is 4.52. The van der Waals surface area contributed by atoms with Gasteiger partial charge in [-0.3, -0.25) is 10.1 Å². The number of imidazole rings is 1. The van der Waals surface area contributed by atoms with Crippen LogP contribution in [0.1, 0.15) is 20.3 Å². The highest BCUT2D eigenvalue weighted by Gasteiger charge is 2.17. The van der Waals surface area contributed by atoms with Crippen LogP contribution in [0.2, 0.25) is 0 Å². The molecule has 4 rings (SSSR count). The van der Waals surface area contributed by atoms with E-state index in [4.69, 9.17) is 9.97 Å². The Morgan fingerprint density at radius 3 is 2.30 bits per heavy atom. The average molecular weight is 361 g/mol. The van der Waals surface area contributed by atoms with Crippen LogP contribution in [0.15, 0.2) is 48.5 Å². The van der Waals surface area contributed by atoms with E-state index in [1.807, 2.05) is 24.3 Å². The van der Waals surface area contributed by atoms with Gasteiger partial charge in [0.1, 0.15) is 5.82 Å². The molecule has 0 aliphatic carbocycles. The number of nitro benzene ring substituents is 1. The summed E-state index contributed by atoms with van der Waals surface area (Å²) >= 11 is 0. The van der Waals surface area contributed by atoms with E-state index < -0.39 is 4.92 Å². The monoisotopic (exact) mass is 361 g/mol. The van der Waals surface area contributed by atoms with Gasteiger partial charge in [-0.2, -0.15) is 0 Å². The minimum atomic E-state index is -0.401. The molecular weight excluding hydrogens is 342 g/mol. The Morgan fingerprint density at radius 2 is 1.67 bits per heavy atom. The van der Waals surface area contributed by atoms with Crippen LogP contribution in [-0.2, 0) is 6.54 Å². The fraction of sp³-hybridized carbons (Fsp3) is 0.250. The fourth-order valence-electron chi connectivity index (χ4n) is 3.05. The molecule has 4 aromatic rings. The van der Waals surface area contributed by atoms with Crippen molar-refractivity contribution in [1.29, 1.82) is 0 Å². The lowest BCUT2D eigenvalue weighted by atomic mass is 10.1. The maximum atomic E-state index is 10.9. The van der Waals surface area contributed by atoms with Gasteiger partial charge < -0.3 is 4.57 Å². The number of nitrogens with zero attached hydrogens (tertiary/aromatic N) is 5. The fourth-order valence-corrected chi connectivity index (χ4v) is 3.05. The first-order chi connectivity index (χ1) is 13.0. The van der Waals surface area contributed by atoms with Crippen LogP contribution >= 0.6 is 0 Å². The van der Waals surface area contributed by atoms with Crippen molar-refractivity contribution >= 4 is 28.0 Å². The molecule has 0 spiro atoms. The predicted octanol–water partition coefficient (Wildman–Crippen LogP) is 4.60. The number of para-hydroxylation sites is 2. The number of hydrogen-bond donors (Lipinski definition) is 0. The molecule has 0 aliphatic rings. The SMILES string of the molecule is CC(C)CCn1c(-c2ccc([N+](=O)[O-])cc2)nc2nc3ccccc3nc21. The summed E-state index contributed by atoms with van der Waals surface area (Å²) in [5.41, 5.74) is 3.83. The van der Waals surface area contributed by atoms with Gasteiger partial charge in [-0.05, 0) is 36.6 Å². The van der Waals surface area contributed by atoms with Gasteiger partial charge in [0.2, 0.25) is 0 Å². The van der Waals surface area contributed by atoms with Crippen LogP contribution in [0, 0.1) is 16.0 Å². The van der Waals surface area contributed by atoms with Crippen molar-refractivity contribution in [1.82, 2.24) is 19.5 Å². The molecule has 0 radical (unpaired) electrons. The molecule has 0 bridgehead atoms. The first kappa shape index (κ1) is 17.1. The highest BCUT2D eigenvalue weighted by atomic mass is 16.6. The van der Waals surface area contributed by atoms with Crippen molar-refractivity contribution in [2.75, 3.05) is 0 Å². The summed E-state index contributed by atoms with van der Waals surface area (Å²) in [6.45, 7) is 5.10. The summed E-state index contributed by atoms with van der Waals surface area (Å²) in [5.74, 6) is 1.26. The number of rotatable bonds is 5. The van der Waals surface area contributed by atoms with Gasteiger partial charge in [0.15, 0.2) is 11.3 Å². The standard InChI is InChI=1S/C20H19N5O2/c1-13(2)11-12-24-19(14-7-9-15(10-8-14)25(26)27)23-18-20(24)22-17-6-4-3-5-16(17)21-18/h3-10,13H,11-12H2,1-2H3. The second-order valence-electron chi connectivity index (χ2n) is 6.93. The van der Waals surface area contributed by atoms with Crippen LogP contribution < -0.4 is 0 Å². The van der Waals surface area contributed by atoms with Gasteiger partial charge in [-0.25, -0.2) is 15.0 Å². The molecule has 0 fully saturated rings. The highest BCUT2D eigenvalue weighted by molar-refractivity contribution is 5.84. The molecule has 0 N–H and O–H groups in total. The number of hydrogen-bond acceptors (Lipinski definition) is 5. The average Bonchev–Trinajstić information content (AvgIpc) is 3.02. The number of non-ortho nitro benzene ring substituents is 1. The third kappa shape index (κ3) is 3.23. The molecule has 27 heavy (non-hydrogen) atoms. The summed E-state index contributed by atoms with van der Waals surface area (Å²) < 4.78 is 2.07. The van der Waals surface area contributed by atoms with E-state index in [9.17, 15) is 10.1 Å². The zero-order valence-corrected chi connectivity index (χ0v) is 15.2. The second-order valence-corrected chi connectivity index (χ2v) is 6.93. The Morgan fingerprint density at radius 1 is 1.00 bits per heavy atom. The van der Waals surface area contributed by atoms with Gasteiger partial charge in [0.25, 0.3) is 5.69 Å². The summed E-state index contributed by atoms with van der Waals surface area (Å²) in [6, 6.07) is 14.2. The predicted molar refractivity (Wildman–Crippen MR) is 104 cm³/mol. The van der Waals surface area contributed by atoms with Crippen molar-refractivity contribution in [2.45, 2.75) is 26.8 Å². The molecule has 0 saturated heterocycles. The number of aryl methyl sites for hydroxylation is 1. The molecule has 2 aromatic carbocycles. The first-order valence-electron chi connectivity index (χ1n) is 8.91. The topological polar surface area (TPSA) is 86.7 Å². The molecule has 0 saturated carbocycles. The van der Waals surface area contributed by atoms with Crippen molar-refractivity contribution < 1.29 is 4.92 Å². The van der Waals surface area contributed by atoms with E-state index in [1.54, 1.807) is 12.1 Å². The molecule has 0 atom stereocenters. The zero-order valence-electron chi connectivity index (χ0n) is 15.2. The van der Waals surface area contributed by atoms with E-state index in [-0.39, 0.29) is 5.69 Å². The maximum absolute atomic E-state index is 10.9. The Kier molecular flexibility index (Phi) is 4.27. The normalized spacial score (nSPS) is 11.5. The molecular formula is C20H19N5O2. The lowest BCUT2D eigenvalue weighted by Gasteiger charge is -2.10. The summed E-state index contributed by atoms with van der Waals surface area (Å²) in [6.07, 6.45) is 0.972. The zero-order chi connectivity index (χ0) is 19.0. The van der Waals surface area contributed by atoms with Crippen LogP contribution in [0.5, 0.6) is 0 Å². The van der Waals surface area contributed by atoms with Crippen molar-refractivity contribution in [3.8, 4) is 11.4 Å². The van der Waals surface area contributed by atoms with Crippen LogP contribution in [0.4, 0.5) is 5.69 Å². The van der Waals surface area contributed by atoms with Gasteiger partial charge >= 0.3 is 0 Å². The molecule has 7 nitrogen and oxygen atoms in total. The Bertz CT molecular complexity index is 1130. The number of benzene rings is 2. The molecule has 7 heteroatoms. The van der Waals surface area contributed by atoms with E-state index >= 15 is 0 Å². The van der Waals surface area contributed by atoms with E-state index in [2.05, 4.69) is 23.4 Å². The number of fused-ring (bicyclic) bond motifs is 2. The van der Waals surface area contributed by atoms with Gasteiger partial charge in [0, 0.05) is 24.2 Å². The lowest BCUT2D eigenvalue weighted by molar-refractivity contribution is -0.384. The summed E-state index contributed by atoms with van der Waals surface area (Å²) in [7, 11) is 0. The van der Waals surface area contributed by atoms with Crippen molar-refractivity contribution in [3.63, 3.8) is 0 Å². The number of aromatic nitrogens is 4. The van der Waals surface area contributed by atoms with Crippen molar-refractivity contribution in [3.05, 3.63) is 58.6 Å². The minimum absolute atomic E-state index is 0.0607. The lowest BCUT2D eigenvalue weighted by Crippen LogP contribution is -2.05. The van der Waals surface area contributed by atoms with Gasteiger partial charge in [-0.15, -0.1) is 0 Å². The van der Waals surface area contributed by atoms with Crippen LogP contribution in [0.3, 0.4) is 0 Å². The second kappa shape index (κ2) is 6.75. The minimum Gasteiger partial charge on any atom is -0.307 e. The quantitative estimate of drug-likeness (QED) is 0.383. The van der Waals surface area contributed by atoms with Crippen LogP contribution in [-0.4, -0.2) is 24.4 Å². The molecule has 0 aliphatic heterocycles. The molecule has 2 aromatic heterocycles. The molecule has 0 unspecified atom stereocenters. The Balaban J connectivity index is 1.90. The highest BCUT2D eigenvalue weighted by Crippen LogP contribution is 2.27. The smallest absolute Gasteiger partial charge is 0.269 e.